The van der Waals surface area contributed by atoms with Gasteiger partial charge in [-0.3, -0.25) is 10.4 Å². The summed E-state index contributed by atoms with van der Waals surface area (Å²) in [5.41, 5.74) is 5.94. The molecule has 5 nitrogen and oxygen atoms in total. The summed E-state index contributed by atoms with van der Waals surface area (Å²) in [5, 5.41) is 5.31. The lowest BCUT2D eigenvalue weighted by atomic mass is 10.1. The Bertz CT molecular complexity index is 816. The monoisotopic (exact) mass is 292 g/mol. The Kier molecular flexibility index (Phi) is 3.96. The molecule has 0 unspecified atom stereocenters. The highest BCUT2D eigenvalue weighted by atomic mass is 16.5. The van der Waals surface area contributed by atoms with Gasteiger partial charge in [0.2, 0.25) is 0 Å². The summed E-state index contributed by atoms with van der Waals surface area (Å²) in [7, 11) is 1.65. The molecule has 3 aromatic rings. The number of pyridine rings is 2. The van der Waals surface area contributed by atoms with Gasteiger partial charge in [-0.2, -0.15) is 5.10 Å². The van der Waals surface area contributed by atoms with Gasteiger partial charge in [0.05, 0.1) is 18.8 Å². The number of hydrogen-bond acceptors (Lipinski definition) is 5. The number of aryl methyl sites for hydroxylation is 1. The van der Waals surface area contributed by atoms with E-state index in [1.54, 1.807) is 25.7 Å². The SMILES string of the molecule is COc1ccc2c(C)cc(N/N=C/c3ccncc3)nc2c1. The van der Waals surface area contributed by atoms with Crippen LogP contribution in [0.5, 0.6) is 5.75 Å². The van der Waals surface area contributed by atoms with E-state index in [4.69, 9.17) is 4.74 Å². The summed E-state index contributed by atoms with van der Waals surface area (Å²) in [6.45, 7) is 2.05. The van der Waals surface area contributed by atoms with Gasteiger partial charge in [-0.1, -0.05) is 0 Å². The van der Waals surface area contributed by atoms with Crippen LogP contribution in [0.2, 0.25) is 0 Å². The predicted molar refractivity (Wildman–Crippen MR) is 88.5 cm³/mol. The fourth-order valence-corrected chi connectivity index (χ4v) is 2.19. The number of methoxy groups -OCH3 is 1. The van der Waals surface area contributed by atoms with Crippen LogP contribution in [0.15, 0.2) is 53.9 Å². The Morgan fingerprint density at radius 1 is 1.14 bits per heavy atom. The maximum atomic E-state index is 5.25. The summed E-state index contributed by atoms with van der Waals surface area (Å²) in [5.74, 6) is 1.49. The lowest BCUT2D eigenvalue weighted by Gasteiger charge is -2.07. The maximum Gasteiger partial charge on any atom is 0.147 e. The minimum atomic E-state index is 0.698. The Morgan fingerprint density at radius 2 is 1.95 bits per heavy atom. The van der Waals surface area contributed by atoms with Crippen molar-refractivity contribution >= 4 is 22.9 Å². The molecule has 22 heavy (non-hydrogen) atoms. The van der Waals surface area contributed by atoms with Crippen molar-refractivity contribution in [3.63, 3.8) is 0 Å². The second kappa shape index (κ2) is 6.22. The van der Waals surface area contributed by atoms with Crippen molar-refractivity contribution in [2.75, 3.05) is 12.5 Å². The molecule has 0 saturated carbocycles. The molecular formula is C17H16N4O. The fourth-order valence-electron chi connectivity index (χ4n) is 2.19. The van der Waals surface area contributed by atoms with Crippen molar-refractivity contribution in [2.24, 2.45) is 5.10 Å². The molecule has 1 N–H and O–H groups in total. The fraction of sp³-hybridized carbons (Fsp3) is 0.118. The van der Waals surface area contributed by atoms with E-state index >= 15 is 0 Å². The third-order valence-electron chi connectivity index (χ3n) is 3.32. The zero-order chi connectivity index (χ0) is 15.4. The molecule has 110 valence electrons. The van der Waals surface area contributed by atoms with Gasteiger partial charge in [0, 0.05) is 23.8 Å². The highest BCUT2D eigenvalue weighted by molar-refractivity contribution is 5.85. The molecule has 0 radical (unpaired) electrons. The largest absolute Gasteiger partial charge is 0.497 e. The van der Waals surface area contributed by atoms with E-state index in [0.717, 1.165) is 27.8 Å². The molecule has 0 aliphatic heterocycles. The van der Waals surface area contributed by atoms with Crippen molar-refractivity contribution in [3.8, 4) is 5.75 Å². The van der Waals surface area contributed by atoms with E-state index in [9.17, 15) is 0 Å². The number of nitrogens with one attached hydrogen (secondary N) is 1. The molecule has 0 bridgehead atoms. The lowest BCUT2D eigenvalue weighted by Crippen LogP contribution is -1.96. The topological polar surface area (TPSA) is 59.4 Å². The van der Waals surface area contributed by atoms with Gasteiger partial charge in [-0.15, -0.1) is 0 Å². The van der Waals surface area contributed by atoms with Crippen LogP contribution in [-0.2, 0) is 0 Å². The predicted octanol–water partition coefficient (Wildman–Crippen LogP) is 3.39. The standard InChI is InChI=1S/C17H16N4O/c1-12-9-17(21-19-11-13-5-7-18-8-6-13)20-16-10-14(22-2)3-4-15(12)16/h3-11H,1-2H3,(H,20,21)/b19-11+. The Balaban J connectivity index is 1.86. The zero-order valence-electron chi connectivity index (χ0n) is 12.4. The second-order valence-corrected chi connectivity index (χ2v) is 4.86. The average molecular weight is 292 g/mol. The minimum absolute atomic E-state index is 0.698. The minimum Gasteiger partial charge on any atom is -0.497 e. The molecule has 2 aromatic heterocycles. The van der Waals surface area contributed by atoms with Crippen molar-refractivity contribution in [3.05, 3.63) is 59.9 Å². The van der Waals surface area contributed by atoms with Crippen LogP contribution in [0.1, 0.15) is 11.1 Å². The highest BCUT2D eigenvalue weighted by Gasteiger charge is 2.03. The lowest BCUT2D eigenvalue weighted by molar-refractivity contribution is 0.415. The van der Waals surface area contributed by atoms with E-state index in [1.165, 1.54) is 0 Å². The third kappa shape index (κ3) is 3.03. The summed E-state index contributed by atoms with van der Waals surface area (Å²) >= 11 is 0. The van der Waals surface area contributed by atoms with E-state index in [2.05, 4.69) is 20.5 Å². The third-order valence-corrected chi connectivity index (χ3v) is 3.32. The average Bonchev–Trinajstić information content (AvgIpc) is 2.55. The normalized spacial score (nSPS) is 11.0. The van der Waals surface area contributed by atoms with Gasteiger partial charge in [-0.05, 0) is 48.4 Å². The van der Waals surface area contributed by atoms with Crippen LogP contribution in [0.3, 0.4) is 0 Å². The number of anilines is 1. The number of benzene rings is 1. The van der Waals surface area contributed by atoms with Crippen LogP contribution in [0, 0.1) is 6.92 Å². The van der Waals surface area contributed by atoms with E-state index in [-0.39, 0.29) is 0 Å². The van der Waals surface area contributed by atoms with E-state index in [1.807, 2.05) is 43.3 Å². The first-order valence-electron chi connectivity index (χ1n) is 6.91. The van der Waals surface area contributed by atoms with Crippen LogP contribution in [0.25, 0.3) is 10.9 Å². The quantitative estimate of drug-likeness (QED) is 0.591. The van der Waals surface area contributed by atoms with Crippen molar-refractivity contribution in [1.82, 2.24) is 9.97 Å². The first kappa shape index (κ1) is 14.0. The van der Waals surface area contributed by atoms with Gasteiger partial charge in [0.15, 0.2) is 0 Å². The molecule has 0 fully saturated rings. The molecule has 3 rings (SSSR count). The van der Waals surface area contributed by atoms with Gasteiger partial charge < -0.3 is 4.74 Å². The van der Waals surface area contributed by atoms with Gasteiger partial charge in [-0.25, -0.2) is 4.98 Å². The van der Waals surface area contributed by atoms with Crippen LogP contribution >= 0.6 is 0 Å². The van der Waals surface area contributed by atoms with Gasteiger partial charge in [0.1, 0.15) is 11.6 Å². The van der Waals surface area contributed by atoms with Gasteiger partial charge >= 0.3 is 0 Å². The van der Waals surface area contributed by atoms with Crippen molar-refractivity contribution in [2.45, 2.75) is 6.92 Å². The second-order valence-electron chi connectivity index (χ2n) is 4.86. The van der Waals surface area contributed by atoms with E-state index in [0.29, 0.717) is 5.82 Å². The number of hydrogen-bond donors (Lipinski definition) is 1. The molecule has 0 atom stereocenters. The molecule has 2 heterocycles. The Labute approximate surface area is 128 Å². The summed E-state index contributed by atoms with van der Waals surface area (Å²) < 4.78 is 5.25. The Hall–Kier alpha value is -2.95. The molecule has 0 aliphatic carbocycles. The van der Waals surface area contributed by atoms with Crippen LogP contribution in [-0.4, -0.2) is 23.3 Å². The summed E-state index contributed by atoms with van der Waals surface area (Å²) in [6, 6.07) is 11.6. The Morgan fingerprint density at radius 3 is 2.73 bits per heavy atom. The number of hydrazone groups is 1. The van der Waals surface area contributed by atoms with Crippen LogP contribution in [0.4, 0.5) is 5.82 Å². The molecule has 0 spiro atoms. The smallest absolute Gasteiger partial charge is 0.147 e. The highest BCUT2D eigenvalue weighted by Crippen LogP contribution is 2.24. The maximum absolute atomic E-state index is 5.25. The first-order valence-corrected chi connectivity index (χ1v) is 6.91. The number of aromatic nitrogens is 2. The van der Waals surface area contributed by atoms with Crippen molar-refractivity contribution < 1.29 is 4.74 Å². The molecular weight excluding hydrogens is 276 g/mol. The molecule has 0 aliphatic rings. The molecule has 5 heteroatoms. The number of rotatable bonds is 4. The van der Waals surface area contributed by atoms with E-state index < -0.39 is 0 Å². The van der Waals surface area contributed by atoms with Crippen LogP contribution < -0.4 is 10.2 Å². The number of nitrogens with zero attached hydrogens (tertiary/aromatic N) is 3. The summed E-state index contributed by atoms with van der Waals surface area (Å²) in [6.07, 6.45) is 5.19. The molecule has 0 amide bonds. The number of fused-ring (bicyclic) bond motifs is 1. The molecule has 0 saturated heterocycles. The zero-order valence-corrected chi connectivity index (χ0v) is 12.4. The first-order chi connectivity index (χ1) is 10.8. The van der Waals surface area contributed by atoms with Crippen molar-refractivity contribution in [1.29, 1.82) is 0 Å². The molecule has 1 aromatic carbocycles. The van der Waals surface area contributed by atoms with Gasteiger partial charge in [0.25, 0.3) is 0 Å². The number of ether oxygens (including phenoxy) is 1. The summed E-state index contributed by atoms with van der Waals surface area (Å²) in [4.78, 5) is 8.53.